The Morgan fingerprint density at radius 3 is 2.25 bits per heavy atom. The monoisotopic (exact) mass is 702 g/mol. The topological polar surface area (TPSA) is 91.2 Å². The molecule has 1 fully saturated rings. The van der Waals surface area contributed by atoms with Gasteiger partial charge in [0.15, 0.2) is 11.5 Å². The Morgan fingerprint density at radius 1 is 0.941 bits per heavy atom. The summed E-state index contributed by atoms with van der Waals surface area (Å²) in [6.07, 6.45) is -4.05. The lowest BCUT2D eigenvalue weighted by atomic mass is 9.90. The van der Waals surface area contributed by atoms with Crippen LogP contribution in [0.25, 0.3) is 10.9 Å². The molecule has 51 heavy (non-hydrogen) atoms. The number of fused-ring (bicyclic) bond motifs is 2. The van der Waals surface area contributed by atoms with Gasteiger partial charge < -0.3 is 33.9 Å². The van der Waals surface area contributed by atoms with Crippen LogP contribution in [0.4, 0.5) is 18.9 Å². The van der Waals surface area contributed by atoms with Crippen molar-refractivity contribution in [3.63, 3.8) is 0 Å². The van der Waals surface area contributed by atoms with E-state index in [2.05, 4.69) is 14.8 Å². The molecular weight excluding hydrogens is 661 g/mol. The summed E-state index contributed by atoms with van der Waals surface area (Å²) in [6, 6.07) is 27.2. The summed E-state index contributed by atoms with van der Waals surface area (Å²) < 4.78 is 83.7. The first kappa shape index (κ1) is 32.1. The fraction of sp³-hybridized carbons (Fsp3) is 0.325. The summed E-state index contributed by atoms with van der Waals surface area (Å²) in [5.41, 5.74) is 0.438. The molecule has 8 nitrogen and oxygen atoms in total. The number of hydrogen-bond acceptors (Lipinski definition) is 6. The highest BCUT2D eigenvalue weighted by Gasteiger charge is 2.53. The number of halogens is 3. The lowest BCUT2D eigenvalue weighted by Crippen LogP contribution is -2.31. The van der Waals surface area contributed by atoms with E-state index < -0.39 is 41.5 Å². The molecule has 1 aliphatic heterocycles. The molecule has 2 heterocycles. The van der Waals surface area contributed by atoms with E-state index in [0.29, 0.717) is 35.0 Å². The zero-order chi connectivity index (χ0) is 37.6. The van der Waals surface area contributed by atoms with Crippen LogP contribution in [0.15, 0.2) is 97.1 Å². The average molecular weight is 703 g/mol. The number of nitrogens with one attached hydrogen (secondary N) is 1. The third-order valence-corrected chi connectivity index (χ3v) is 9.24. The van der Waals surface area contributed by atoms with Gasteiger partial charge in [-0.15, -0.1) is 8.78 Å². The number of benzene rings is 4. The fourth-order valence-corrected chi connectivity index (χ4v) is 6.43. The number of carbonyl (C=O) groups is 1. The second-order valence-corrected chi connectivity index (χ2v) is 13.6. The van der Waals surface area contributed by atoms with Crippen LogP contribution in [0.3, 0.4) is 0 Å². The van der Waals surface area contributed by atoms with E-state index >= 15 is 4.39 Å². The Balaban J connectivity index is 1.19. The number of hydrogen-bond donors (Lipinski definition) is 2. The number of aliphatic hydroxyl groups is 1. The number of aromatic nitrogens is 1. The Bertz CT molecular complexity index is 2120. The molecule has 1 aliphatic carbocycles. The minimum absolute atomic E-state index is 0.00576. The van der Waals surface area contributed by atoms with E-state index in [-0.39, 0.29) is 43.6 Å². The molecule has 1 saturated carbocycles. The van der Waals surface area contributed by atoms with Gasteiger partial charge in [0.1, 0.15) is 5.82 Å². The number of aliphatic hydroxyl groups excluding tert-OH is 1. The van der Waals surface area contributed by atoms with Crippen molar-refractivity contribution in [2.75, 3.05) is 18.5 Å². The molecule has 0 spiro atoms. The van der Waals surface area contributed by atoms with Gasteiger partial charge in [0.2, 0.25) is 5.91 Å². The number of ether oxygens (including phenoxy) is 4. The highest BCUT2D eigenvalue weighted by molar-refractivity contribution is 6.02. The van der Waals surface area contributed by atoms with Crippen LogP contribution in [0.1, 0.15) is 51.8 Å². The molecule has 7 rings (SSSR count). The molecule has 0 radical (unpaired) electrons. The summed E-state index contributed by atoms with van der Waals surface area (Å²) in [4.78, 5) is 13.8. The van der Waals surface area contributed by atoms with Gasteiger partial charge in [0.25, 0.3) is 0 Å². The van der Waals surface area contributed by atoms with Gasteiger partial charge in [0.05, 0.1) is 58.4 Å². The SMILES string of the molecule is [2H]C([2H])(OCc1ccccc1)C(C)(C)c1cc2cc(F)c(NC(=O)C3(c4ccc5c(c4)OC(F)(F)O5)CC3)cc2n1C[C@@H](O)COCc1ccccc1. The Labute approximate surface area is 296 Å². The summed E-state index contributed by atoms with van der Waals surface area (Å²) in [7, 11) is 0. The minimum atomic E-state index is -3.81. The van der Waals surface area contributed by atoms with E-state index in [0.717, 1.165) is 11.1 Å². The van der Waals surface area contributed by atoms with Gasteiger partial charge in [-0.2, -0.15) is 0 Å². The molecule has 2 aliphatic rings. The van der Waals surface area contributed by atoms with Crippen molar-refractivity contribution < 1.29 is 44.8 Å². The first-order valence-corrected chi connectivity index (χ1v) is 16.7. The number of alkyl halides is 2. The second-order valence-electron chi connectivity index (χ2n) is 13.6. The molecule has 0 bridgehead atoms. The number of nitrogens with zero attached hydrogens (tertiary/aromatic N) is 1. The Kier molecular flexibility index (Phi) is 8.62. The van der Waals surface area contributed by atoms with Crippen molar-refractivity contribution in [3.05, 3.63) is 125 Å². The van der Waals surface area contributed by atoms with Gasteiger partial charge in [-0.25, -0.2) is 4.39 Å². The normalized spacial score (nSPS) is 17.1. The van der Waals surface area contributed by atoms with Crippen molar-refractivity contribution >= 4 is 22.5 Å². The predicted octanol–water partition coefficient (Wildman–Crippen LogP) is 7.84. The number of rotatable bonds is 14. The summed E-state index contributed by atoms with van der Waals surface area (Å²) in [6.45, 7) is 1.32. The van der Waals surface area contributed by atoms with Crippen molar-refractivity contribution in [1.82, 2.24) is 4.57 Å². The fourth-order valence-electron chi connectivity index (χ4n) is 6.43. The number of carbonyl (C=O) groups excluding carboxylic acids is 1. The molecule has 1 aromatic heterocycles. The lowest BCUT2D eigenvalue weighted by Gasteiger charge is -2.28. The molecule has 2 N–H and O–H groups in total. The van der Waals surface area contributed by atoms with Crippen molar-refractivity contribution in [2.45, 2.75) is 69.7 Å². The minimum Gasteiger partial charge on any atom is -0.395 e. The predicted molar refractivity (Wildman–Crippen MR) is 185 cm³/mol. The van der Waals surface area contributed by atoms with E-state index in [1.807, 2.05) is 60.7 Å². The third kappa shape index (κ3) is 7.46. The molecular formula is C40H39F3N2O6. The van der Waals surface area contributed by atoms with E-state index in [9.17, 15) is 18.7 Å². The standard InChI is InChI=1S/C40H39F3N2O6/c1-38(2,25-49-23-27-11-7-4-8-12-27)36-18-28-17-31(41)32(20-33(28)45(36)21-30(46)24-48-22-26-9-5-3-6-10-26)44-37(47)39(15-16-39)29-13-14-34-35(19-29)51-40(42,43)50-34/h3-14,17-20,30,46H,15-16,21-25H2,1-2H3,(H,44,47)/t30-/m1/s1/i25D2. The smallest absolute Gasteiger partial charge is 0.395 e. The molecule has 266 valence electrons. The molecule has 1 atom stereocenters. The quantitative estimate of drug-likeness (QED) is 0.123. The molecule has 4 aromatic carbocycles. The van der Waals surface area contributed by atoms with Crippen LogP contribution in [-0.4, -0.2) is 41.1 Å². The first-order chi connectivity index (χ1) is 25.2. The van der Waals surface area contributed by atoms with Crippen molar-refractivity contribution in [3.8, 4) is 11.5 Å². The van der Waals surface area contributed by atoms with Gasteiger partial charge in [-0.05, 0) is 59.9 Å². The van der Waals surface area contributed by atoms with Crippen molar-refractivity contribution in [1.29, 1.82) is 0 Å². The van der Waals surface area contributed by atoms with Crippen LogP contribution in [0, 0.1) is 5.82 Å². The molecule has 0 unspecified atom stereocenters. The second kappa shape index (κ2) is 13.7. The summed E-state index contributed by atoms with van der Waals surface area (Å²) in [5.74, 6) is -1.59. The number of anilines is 1. The highest BCUT2D eigenvalue weighted by Crippen LogP contribution is 2.52. The zero-order valence-corrected chi connectivity index (χ0v) is 28.1. The maximum Gasteiger partial charge on any atom is 0.586 e. The van der Waals surface area contributed by atoms with Crippen LogP contribution in [0.2, 0.25) is 0 Å². The molecule has 11 heteroatoms. The maximum absolute atomic E-state index is 15.8. The first-order valence-electron chi connectivity index (χ1n) is 17.7. The largest absolute Gasteiger partial charge is 0.586 e. The molecule has 0 saturated heterocycles. The van der Waals surface area contributed by atoms with Crippen molar-refractivity contribution in [2.24, 2.45) is 0 Å². The molecule has 1 amide bonds. The van der Waals surface area contributed by atoms with E-state index in [1.165, 1.54) is 30.3 Å². The lowest BCUT2D eigenvalue weighted by molar-refractivity contribution is -0.286. The highest BCUT2D eigenvalue weighted by atomic mass is 19.3. The van der Waals surface area contributed by atoms with E-state index in [1.54, 1.807) is 24.5 Å². The molecule has 5 aromatic rings. The summed E-state index contributed by atoms with van der Waals surface area (Å²) >= 11 is 0. The van der Waals surface area contributed by atoms with Crippen LogP contribution < -0.4 is 14.8 Å². The Hall–Kier alpha value is -4.84. The number of amides is 1. The zero-order valence-electron chi connectivity index (χ0n) is 30.1. The van der Waals surface area contributed by atoms with Crippen LogP contribution in [0.5, 0.6) is 11.5 Å². The van der Waals surface area contributed by atoms with Crippen LogP contribution >= 0.6 is 0 Å². The van der Waals surface area contributed by atoms with Gasteiger partial charge in [-0.1, -0.05) is 80.6 Å². The maximum atomic E-state index is 15.8. The van der Waals surface area contributed by atoms with Gasteiger partial charge in [-0.3, -0.25) is 4.79 Å². The van der Waals surface area contributed by atoms with Gasteiger partial charge in [0, 0.05) is 16.5 Å². The Morgan fingerprint density at radius 2 is 1.59 bits per heavy atom. The van der Waals surface area contributed by atoms with Gasteiger partial charge >= 0.3 is 6.29 Å². The average Bonchev–Trinajstić information content (AvgIpc) is 3.78. The third-order valence-electron chi connectivity index (χ3n) is 9.24. The summed E-state index contributed by atoms with van der Waals surface area (Å²) in [5, 5.41) is 14.4. The van der Waals surface area contributed by atoms with E-state index in [4.69, 9.17) is 12.2 Å². The van der Waals surface area contributed by atoms with Crippen LogP contribution in [-0.2, 0) is 44.9 Å².